The van der Waals surface area contributed by atoms with E-state index in [1.807, 2.05) is 13.8 Å². The van der Waals surface area contributed by atoms with Crippen molar-refractivity contribution < 1.29 is 54.3 Å². The Labute approximate surface area is 262 Å². The van der Waals surface area contributed by atoms with Gasteiger partial charge in [-0.3, -0.25) is 43.5 Å². The molecule has 0 spiro atoms. The van der Waals surface area contributed by atoms with Gasteiger partial charge in [-0.05, 0) is 63.8 Å². The van der Waals surface area contributed by atoms with Gasteiger partial charge in [-0.15, -0.1) is 0 Å². The molecule has 15 heteroatoms. The number of amides is 1. The highest BCUT2D eigenvalue weighted by Gasteiger charge is 2.28. The van der Waals surface area contributed by atoms with Crippen LogP contribution in [0, 0.1) is 0 Å². The number of benzene rings is 1. The smallest absolute Gasteiger partial charge is 0.317 e. The van der Waals surface area contributed by atoms with E-state index in [2.05, 4.69) is 5.32 Å². The Morgan fingerprint density at radius 1 is 0.711 bits per heavy atom. The van der Waals surface area contributed by atoms with Crippen LogP contribution in [0.5, 0.6) is 0 Å². The zero-order valence-electron chi connectivity index (χ0n) is 26.1. The molecule has 0 bridgehead atoms. The average Bonchev–Trinajstić information content (AvgIpc) is 2.92. The molecule has 0 aliphatic carbocycles. The molecule has 0 saturated heterocycles. The van der Waals surface area contributed by atoms with E-state index < -0.39 is 68.6 Å². The highest BCUT2D eigenvalue weighted by atomic mass is 16.4. The topological polar surface area (TPSA) is 225 Å². The lowest BCUT2D eigenvalue weighted by molar-refractivity contribution is -0.145. The zero-order valence-corrected chi connectivity index (χ0v) is 26.1. The van der Waals surface area contributed by atoms with Gasteiger partial charge >= 0.3 is 29.8 Å². The summed E-state index contributed by atoms with van der Waals surface area (Å²) >= 11 is 0. The van der Waals surface area contributed by atoms with Gasteiger partial charge in [0.05, 0.1) is 32.7 Å². The van der Waals surface area contributed by atoms with Gasteiger partial charge in [-0.1, -0.05) is 25.5 Å². The van der Waals surface area contributed by atoms with Gasteiger partial charge in [0.25, 0.3) is 5.91 Å². The number of carboxylic acid groups (broad SMARTS) is 5. The van der Waals surface area contributed by atoms with Gasteiger partial charge in [-0.2, -0.15) is 0 Å². The Hall–Kier alpha value is -4.08. The molecule has 0 radical (unpaired) electrons. The van der Waals surface area contributed by atoms with Gasteiger partial charge < -0.3 is 30.8 Å². The molecule has 6 N–H and O–H groups in total. The molecule has 0 aliphatic heterocycles. The molecule has 15 nitrogen and oxygen atoms in total. The summed E-state index contributed by atoms with van der Waals surface area (Å²) in [5, 5.41) is 49.6. The second kappa shape index (κ2) is 20.0. The van der Waals surface area contributed by atoms with E-state index in [4.69, 9.17) is 10.2 Å². The molecule has 0 heterocycles. The Balaban J connectivity index is 3.15. The van der Waals surface area contributed by atoms with Crippen molar-refractivity contribution in [2.75, 3.05) is 45.8 Å². The number of carbonyl (C=O) groups is 6. The number of nitrogens with zero attached hydrogens (tertiary/aromatic N) is 3. The van der Waals surface area contributed by atoms with Gasteiger partial charge in [-0.25, -0.2) is 0 Å². The van der Waals surface area contributed by atoms with E-state index in [0.29, 0.717) is 30.4 Å². The lowest BCUT2D eigenvalue weighted by Crippen LogP contribution is -2.51. The first-order valence-corrected chi connectivity index (χ1v) is 14.8. The molecule has 3 atom stereocenters. The van der Waals surface area contributed by atoms with Crippen LogP contribution in [-0.2, 0) is 30.4 Å². The Morgan fingerprint density at radius 3 is 1.67 bits per heavy atom. The molecule has 1 aromatic rings. The lowest BCUT2D eigenvalue weighted by atomic mass is 10.0. The summed E-state index contributed by atoms with van der Waals surface area (Å²) in [6.07, 6.45) is 2.37. The van der Waals surface area contributed by atoms with E-state index in [-0.39, 0.29) is 37.5 Å². The molecule has 0 aliphatic rings. The van der Waals surface area contributed by atoms with Crippen molar-refractivity contribution in [1.82, 2.24) is 20.0 Å². The fourth-order valence-electron chi connectivity index (χ4n) is 4.84. The molecule has 1 aromatic carbocycles. The summed E-state index contributed by atoms with van der Waals surface area (Å²) in [5.41, 5.74) is 1.12. The van der Waals surface area contributed by atoms with E-state index in [0.717, 1.165) is 6.42 Å². The molecule has 1 rings (SSSR count). The quantitative estimate of drug-likeness (QED) is 0.0870. The molecule has 1 amide bonds. The first kappa shape index (κ1) is 38.9. The number of hydrogen-bond acceptors (Lipinski definition) is 9. The van der Waals surface area contributed by atoms with Crippen LogP contribution in [0.4, 0.5) is 0 Å². The number of aliphatic carboxylic acids is 5. The maximum Gasteiger partial charge on any atom is 0.317 e. The Bertz CT molecular complexity index is 1110. The number of hydrogen-bond donors (Lipinski definition) is 6. The van der Waals surface area contributed by atoms with E-state index in [1.165, 1.54) is 9.80 Å². The van der Waals surface area contributed by atoms with Crippen molar-refractivity contribution in [3.63, 3.8) is 0 Å². The van der Waals surface area contributed by atoms with E-state index in [1.54, 1.807) is 36.1 Å². The predicted molar refractivity (Wildman–Crippen MR) is 162 cm³/mol. The van der Waals surface area contributed by atoms with Crippen molar-refractivity contribution in [1.29, 1.82) is 0 Å². The molecule has 3 unspecified atom stereocenters. The summed E-state index contributed by atoms with van der Waals surface area (Å²) in [7, 11) is 0. The second-order valence-corrected chi connectivity index (χ2v) is 11.2. The van der Waals surface area contributed by atoms with Crippen LogP contribution in [0.15, 0.2) is 24.3 Å². The van der Waals surface area contributed by atoms with Crippen LogP contribution >= 0.6 is 0 Å². The third-order valence-corrected chi connectivity index (χ3v) is 7.34. The fourth-order valence-corrected chi connectivity index (χ4v) is 4.84. The minimum Gasteiger partial charge on any atom is -0.480 e. The van der Waals surface area contributed by atoms with Crippen molar-refractivity contribution in [3.05, 3.63) is 35.4 Å². The molecule has 0 aromatic heterocycles. The van der Waals surface area contributed by atoms with Crippen LogP contribution in [0.1, 0.15) is 62.4 Å². The summed E-state index contributed by atoms with van der Waals surface area (Å²) in [6, 6.07) is 5.56. The van der Waals surface area contributed by atoms with Crippen molar-refractivity contribution >= 4 is 35.8 Å². The molecular formula is C30H46N4O11. The van der Waals surface area contributed by atoms with Crippen molar-refractivity contribution in [2.45, 2.75) is 71.0 Å². The number of rotatable bonds is 24. The minimum atomic E-state index is -1.25. The third kappa shape index (κ3) is 16.5. The third-order valence-electron chi connectivity index (χ3n) is 7.34. The molecule has 45 heavy (non-hydrogen) atoms. The summed E-state index contributed by atoms with van der Waals surface area (Å²) in [4.78, 5) is 73.9. The van der Waals surface area contributed by atoms with Crippen LogP contribution < -0.4 is 5.32 Å². The second-order valence-electron chi connectivity index (χ2n) is 11.2. The SMILES string of the molecule is CCC(C)NC(=O)c1ccc(CC(CN(CC(=O)O)C(C)CCCCN(CC(=O)O)CC(=O)O)N(CC(=O)O)CC(=O)O)cc1. The zero-order chi connectivity index (χ0) is 34.1. The van der Waals surface area contributed by atoms with Gasteiger partial charge in [0.2, 0.25) is 0 Å². The number of unbranched alkanes of at least 4 members (excludes halogenated alkanes) is 1. The average molecular weight is 639 g/mol. The first-order valence-electron chi connectivity index (χ1n) is 14.8. The minimum absolute atomic E-state index is 0.0159. The van der Waals surface area contributed by atoms with Crippen molar-refractivity contribution in [2.24, 2.45) is 0 Å². The van der Waals surface area contributed by atoms with Crippen LogP contribution in [-0.4, -0.2) is 140 Å². The molecular weight excluding hydrogens is 592 g/mol. The lowest BCUT2D eigenvalue weighted by Gasteiger charge is -2.36. The summed E-state index contributed by atoms with van der Waals surface area (Å²) in [6.45, 7) is 3.41. The van der Waals surface area contributed by atoms with E-state index >= 15 is 0 Å². The monoisotopic (exact) mass is 638 g/mol. The number of carbonyl (C=O) groups excluding carboxylic acids is 1. The van der Waals surface area contributed by atoms with Gasteiger partial charge in [0.15, 0.2) is 0 Å². The van der Waals surface area contributed by atoms with Crippen LogP contribution in [0.2, 0.25) is 0 Å². The number of nitrogens with one attached hydrogen (secondary N) is 1. The largest absolute Gasteiger partial charge is 0.480 e. The molecule has 0 saturated carbocycles. The standard InChI is InChI=1S/C30H46N4O11/c1-4-20(2)31-30(45)23-10-8-22(9-11-23)13-24(34(18-28(41)42)19-29(43)44)14-33(17-27(39)40)21(3)7-5-6-12-32(15-25(35)36)16-26(37)38/h8-11,20-21,24H,4-7,12-19H2,1-3H3,(H,31,45)(H,35,36)(H,37,38)(H,39,40)(H,41,42)(H,43,44). The van der Waals surface area contributed by atoms with E-state index in [9.17, 15) is 44.1 Å². The van der Waals surface area contributed by atoms with Crippen LogP contribution in [0.25, 0.3) is 0 Å². The van der Waals surface area contributed by atoms with Crippen LogP contribution in [0.3, 0.4) is 0 Å². The molecule has 252 valence electrons. The van der Waals surface area contributed by atoms with Crippen molar-refractivity contribution in [3.8, 4) is 0 Å². The van der Waals surface area contributed by atoms with Gasteiger partial charge in [0, 0.05) is 30.2 Å². The highest BCUT2D eigenvalue weighted by Crippen LogP contribution is 2.17. The normalized spacial score (nSPS) is 13.4. The number of carboxylic acids is 5. The fraction of sp³-hybridized carbons (Fsp3) is 0.600. The first-order chi connectivity index (χ1) is 21.1. The summed E-state index contributed by atoms with van der Waals surface area (Å²) < 4.78 is 0. The maximum absolute atomic E-state index is 12.5. The maximum atomic E-state index is 12.5. The Morgan fingerprint density at radius 2 is 1.20 bits per heavy atom. The highest BCUT2D eigenvalue weighted by molar-refractivity contribution is 5.94. The molecule has 0 fully saturated rings. The summed E-state index contributed by atoms with van der Waals surface area (Å²) in [5.74, 6) is -6.18. The predicted octanol–water partition coefficient (Wildman–Crippen LogP) is 1.01. The van der Waals surface area contributed by atoms with Gasteiger partial charge in [0.1, 0.15) is 0 Å². The Kier molecular flexibility index (Phi) is 17.4.